The van der Waals surface area contributed by atoms with E-state index in [1.165, 1.54) is 6.07 Å². The molecular formula is C12H18N2O3S2. The summed E-state index contributed by atoms with van der Waals surface area (Å²) >= 11 is 1.14. The molecule has 1 saturated carbocycles. The molecule has 0 radical (unpaired) electrons. The van der Waals surface area contributed by atoms with E-state index in [0.29, 0.717) is 0 Å². The summed E-state index contributed by atoms with van der Waals surface area (Å²) in [6.45, 7) is 3.65. The van der Waals surface area contributed by atoms with Crippen molar-refractivity contribution in [3.63, 3.8) is 0 Å². The summed E-state index contributed by atoms with van der Waals surface area (Å²) in [5.74, 6) is -0.342. The summed E-state index contributed by atoms with van der Waals surface area (Å²) in [6.07, 6.45) is 1.96. The first kappa shape index (κ1) is 14.5. The van der Waals surface area contributed by atoms with Gasteiger partial charge in [-0.2, -0.15) is 4.72 Å². The smallest absolute Gasteiger partial charge is 0.250 e. The Kier molecular flexibility index (Phi) is 4.27. The lowest BCUT2D eigenvalue weighted by Crippen LogP contribution is -2.50. The van der Waals surface area contributed by atoms with Crippen LogP contribution >= 0.6 is 11.3 Å². The van der Waals surface area contributed by atoms with Gasteiger partial charge in [0.2, 0.25) is 5.91 Å². The van der Waals surface area contributed by atoms with Crippen LogP contribution in [0.3, 0.4) is 0 Å². The largest absolute Gasteiger partial charge is 0.352 e. The minimum atomic E-state index is -3.61. The highest BCUT2D eigenvalue weighted by Gasteiger charge is 2.32. The van der Waals surface area contributed by atoms with E-state index in [2.05, 4.69) is 10.0 Å². The Bertz CT molecular complexity index is 533. The number of rotatable bonds is 6. The maximum Gasteiger partial charge on any atom is 0.250 e. The van der Waals surface area contributed by atoms with Gasteiger partial charge >= 0.3 is 0 Å². The lowest BCUT2D eigenvalue weighted by Gasteiger charge is -2.21. The molecule has 106 valence electrons. The van der Waals surface area contributed by atoms with Crippen molar-refractivity contribution in [1.29, 1.82) is 0 Å². The predicted molar refractivity (Wildman–Crippen MR) is 74.4 cm³/mol. The van der Waals surface area contributed by atoms with Crippen LogP contribution in [0.2, 0.25) is 0 Å². The first-order valence-corrected chi connectivity index (χ1v) is 8.62. The monoisotopic (exact) mass is 302 g/mol. The molecule has 1 fully saturated rings. The molecule has 2 rings (SSSR count). The van der Waals surface area contributed by atoms with Gasteiger partial charge in [-0.25, -0.2) is 8.42 Å². The van der Waals surface area contributed by atoms with E-state index in [4.69, 9.17) is 0 Å². The molecule has 0 bridgehead atoms. The highest BCUT2D eigenvalue weighted by atomic mass is 32.2. The van der Waals surface area contributed by atoms with E-state index in [1.54, 1.807) is 11.4 Å². The number of hydrogen-bond acceptors (Lipinski definition) is 4. The zero-order valence-electron chi connectivity index (χ0n) is 10.9. The fourth-order valence-corrected chi connectivity index (χ4v) is 4.01. The van der Waals surface area contributed by atoms with Crippen LogP contribution in [0, 0.1) is 5.92 Å². The van der Waals surface area contributed by atoms with Crippen LogP contribution in [0.15, 0.2) is 21.7 Å². The average molecular weight is 302 g/mol. The molecule has 0 saturated heterocycles. The van der Waals surface area contributed by atoms with E-state index in [9.17, 15) is 13.2 Å². The van der Waals surface area contributed by atoms with E-state index in [-0.39, 0.29) is 22.1 Å². The highest BCUT2D eigenvalue weighted by molar-refractivity contribution is 7.91. The van der Waals surface area contributed by atoms with Crippen molar-refractivity contribution >= 4 is 27.3 Å². The average Bonchev–Trinajstić information content (AvgIpc) is 2.96. The van der Waals surface area contributed by atoms with Crippen LogP contribution in [0.4, 0.5) is 0 Å². The van der Waals surface area contributed by atoms with Crippen LogP contribution in [-0.2, 0) is 14.8 Å². The second kappa shape index (κ2) is 5.60. The molecule has 5 nitrogen and oxygen atoms in total. The molecule has 0 aromatic carbocycles. The van der Waals surface area contributed by atoms with E-state index >= 15 is 0 Å². The lowest BCUT2D eigenvalue weighted by atomic mass is 10.1. The van der Waals surface area contributed by atoms with Gasteiger partial charge in [-0.05, 0) is 30.2 Å². The summed E-state index contributed by atoms with van der Waals surface area (Å²) in [5, 5.41) is 4.54. The minimum Gasteiger partial charge on any atom is -0.352 e. The molecule has 2 N–H and O–H groups in total. The van der Waals surface area contributed by atoms with Gasteiger partial charge in [0.15, 0.2) is 0 Å². The summed E-state index contributed by atoms with van der Waals surface area (Å²) in [7, 11) is -3.61. The summed E-state index contributed by atoms with van der Waals surface area (Å²) in [5.41, 5.74) is 0. The molecule has 0 aliphatic heterocycles. The zero-order chi connectivity index (χ0) is 14.0. The van der Waals surface area contributed by atoms with Crippen molar-refractivity contribution in [2.24, 2.45) is 5.92 Å². The number of carbonyl (C=O) groups is 1. The number of amides is 1. The Hall–Kier alpha value is -0.920. The third kappa shape index (κ3) is 3.77. The third-order valence-electron chi connectivity index (χ3n) is 2.91. The Morgan fingerprint density at radius 2 is 2.11 bits per heavy atom. The Balaban J connectivity index is 2.09. The highest BCUT2D eigenvalue weighted by Crippen LogP contribution is 2.20. The number of nitrogens with one attached hydrogen (secondary N) is 2. The Labute approximate surface area is 117 Å². The van der Waals surface area contributed by atoms with Crippen molar-refractivity contribution in [3.8, 4) is 0 Å². The summed E-state index contributed by atoms with van der Waals surface area (Å²) in [6, 6.07) is 2.70. The first-order chi connectivity index (χ1) is 8.90. The molecule has 1 heterocycles. The fraction of sp³-hybridized carbons (Fsp3) is 0.583. The van der Waals surface area contributed by atoms with E-state index in [0.717, 1.165) is 24.2 Å². The van der Waals surface area contributed by atoms with Gasteiger partial charge in [-0.3, -0.25) is 4.79 Å². The second-order valence-electron chi connectivity index (χ2n) is 5.06. The number of thiophene rings is 1. The van der Waals surface area contributed by atoms with Crippen molar-refractivity contribution in [2.75, 3.05) is 0 Å². The molecule has 1 aliphatic carbocycles. The molecule has 1 amide bonds. The first-order valence-electron chi connectivity index (χ1n) is 6.26. The van der Waals surface area contributed by atoms with Crippen LogP contribution in [0.25, 0.3) is 0 Å². The van der Waals surface area contributed by atoms with Crippen LogP contribution in [0.5, 0.6) is 0 Å². The van der Waals surface area contributed by atoms with Gasteiger partial charge in [0, 0.05) is 6.04 Å². The molecule has 1 aromatic heterocycles. The van der Waals surface area contributed by atoms with E-state index in [1.807, 2.05) is 13.8 Å². The molecule has 0 unspecified atom stereocenters. The van der Waals surface area contributed by atoms with Gasteiger partial charge in [0.05, 0.1) is 0 Å². The second-order valence-corrected chi connectivity index (χ2v) is 7.95. The molecule has 1 aromatic rings. The quantitative estimate of drug-likeness (QED) is 0.832. The third-order valence-corrected chi connectivity index (χ3v) is 5.75. The fourth-order valence-electron chi connectivity index (χ4n) is 1.65. The van der Waals surface area contributed by atoms with Crippen LogP contribution < -0.4 is 10.0 Å². The number of carbonyl (C=O) groups excluding carboxylic acids is 1. The topological polar surface area (TPSA) is 75.3 Å². The van der Waals surface area contributed by atoms with Gasteiger partial charge < -0.3 is 5.32 Å². The molecule has 19 heavy (non-hydrogen) atoms. The SMILES string of the molecule is CC(C)[C@H](NS(=O)(=O)c1cccs1)C(=O)NC1CC1. The minimum absolute atomic E-state index is 0.103. The number of hydrogen-bond donors (Lipinski definition) is 2. The summed E-state index contributed by atoms with van der Waals surface area (Å²) in [4.78, 5) is 12.0. The molecule has 1 aliphatic rings. The van der Waals surface area contributed by atoms with Crippen molar-refractivity contribution < 1.29 is 13.2 Å². The maximum absolute atomic E-state index is 12.1. The maximum atomic E-state index is 12.1. The Morgan fingerprint density at radius 3 is 2.58 bits per heavy atom. The van der Waals surface area contributed by atoms with Crippen molar-refractivity contribution in [1.82, 2.24) is 10.0 Å². The van der Waals surface area contributed by atoms with Crippen LogP contribution in [-0.4, -0.2) is 26.4 Å². The van der Waals surface area contributed by atoms with Gasteiger partial charge in [0.25, 0.3) is 10.0 Å². The molecule has 1 atom stereocenters. The normalized spacial score (nSPS) is 17.4. The van der Waals surface area contributed by atoms with Gasteiger partial charge in [-0.15, -0.1) is 11.3 Å². The van der Waals surface area contributed by atoms with Crippen molar-refractivity contribution in [3.05, 3.63) is 17.5 Å². The summed E-state index contributed by atoms with van der Waals surface area (Å²) < 4.78 is 27.0. The lowest BCUT2D eigenvalue weighted by molar-refractivity contribution is -0.123. The van der Waals surface area contributed by atoms with E-state index < -0.39 is 16.1 Å². The van der Waals surface area contributed by atoms with Gasteiger partial charge in [0.1, 0.15) is 10.3 Å². The van der Waals surface area contributed by atoms with Crippen molar-refractivity contribution in [2.45, 2.75) is 43.0 Å². The zero-order valence-corrected chi connectivity index (χ0v) is 12.6. The molecular weight excluding hydrogens is 284 g/mol. The predicted octanol–water partition coefficient (Wildman–Crippen LogP) is 1.33. The molecule has 0 spiro atoms. The standard InChI is InChI=1S/C12H18N2O3S2/c1-8(2)11(12(15)13-9-5-6-9)14-19(16,17)10-4-3-7-18-10/h3-4,7-9,11,14H,5-6H2,1-2H3,(H,13,15)/t11-/m0/s1. The Morgan fingerprint density at radius 1 is 1.42 bits per heavy atom. The van der Waals surface area contributed by atoms with Gasteiger partial charge in [-0.1, -0.05) is 19.9 Å². The van der Waals surface area contributed by atoms with Crippen LogP contribution in [0.1, 0.15) is 26.7 Å². The molecule has 7 heteroatoms. The number of sulfonamides is 1.